The van der Waals surface area contributed by atoms with Gasteiger partial charge in [-0.15, -0.1) is 0 Å². The molecule has 1 aliphatic carbocycles. The second-order valence-electron chi connectivity index (χ2n) is 5.80. The maximum Gasteiger partial charge on any atom is 0.274 e. The van der Waals surface area contributed by atoms with Gasteiger partial charge in [-0.25, -0.2) is 4.98 Å². The van der Waals surface area contributed by atoms with E-state index in [0.717, 1.165) is 32.4 Å². The molecular weight excluding hydrogens is 252 g/mol. The zero-order valence-electron chi connectivity index (χ0n) is 12.6. The molecule has 0 saturated heterocycles. The Morgan fingerprint density at radius 2 is 2.20 bits per heavy atom. The van der Waals surface area contributed by atoms with E-state index in [2.05, 4.69) is 36.1 Å². The number of hydrogen-bond donors (Lipinski definition) is 1. The van der Waals surface area contributed by atoms with Crippen molar-refractivity contribution >= 4 is 11.7 Å². The first-order valence-electron chi connectivity index (χ1n) is 7.48. The molecule has 1 N–H and O–H groups in total. The standard InChI is InChI=1S/C15H24N4O/c1-4-7-17-14-9-16-8-13(18-14)15(20)19(10-11(2)3)12-5-6-12/h8-9,11-12H,4-7,10H2,1-3H3,(H,17,18). The van der Waals surface area contributed by atoms with Crippen LogP contribution in [-0.2, 0) is 0 Å². The molecule has 5 nitrogen and oxygen atoms in total. The van der Waals surface area contributed by atoms with Gasteiger partial charge in [0.1, 0.15) is 11.5 Å². The van der Waals surface area contributed by atoms with Crippen LogP contribution < -0.4 is 5.32 Å². The minimum atomic E-state index is 0.00819. The van der Waals surface area contributed by atoms with Crippen LogP contribution >= 0.6 is 0 Å². The van der Waals surface area contributed by atoms with E-state index < -0.39 is 0 Å². The third kappa shape index (κ3) is 3.92. The first-order valence-corrected chi connectivity index (χ1v) is 7.48. The van der Waals surface area contributed by atoms with Gasteiger partial charge in [-0.05, 0) is 25.2 Å². The largest absolute Gasteiger partial charge is 0.369 e. The highest BCUT2D eigenvalue weighted by molar-refractivity contribution is 5.92. The quantitative estimate of drug-likeness (QED) is 0.831. The molecule has 0 unspecified atom stereocenters. The minimum Gasteiger partial charge on any atom is -0.369 e. The molecule has 5 heteroatoms. The van der Waals surface area contributed by atoms with Gasteiger partial charge in [-0.3, -0.25) is 9.78 Å². The first-order chi connectivity index (χ1) is 9.61. The summed E-state index contributed by atoms with van der Waals surface area (Å²) in [6.45, 7) is 7.98. The van der Waals surface area contributed by atoms with E-state index in [1.165, 1.54) is 0 Å². The molecule has 0 atom stereocenters. The summed E-state index contributed by atoms with van der Waals surface area (Å²) in [4.78, 5) is 23.1. The van der Waals surface area contributed by atoms with Crippen LogP contribution in [0, 0.1) is 5.92 Å². The number of nitrogens with zero attached hydrogens (tertiary/aromatic N) is 3. The number of carbonyl (C=O) groups is 1. The molecule has 1 fully saturated rings. The lowest BCUT2D eigenvalue weighted by Crippen LogP contribution is -2.36. The summed E-state index contributed by atoms with van der Waals surface area (Å²) in [5, 5.41) is 3.17. The highest BCUT2D eigenvalue weighted by Crippen LogP contribution is 2.28. The Labute approximate surface area is 120 Å². The van der Waals surface area contributed by atoms with E-state index in [-0.39, 0.29) is 5.91 Å². The molecule has 0 bridgehead atoms. The molecule has 1 aromatic heterocycles. The molecule has 1 heterocycles. The maximum absolute atomic E-state index is 12.6. The van der Waals surface area contributed by atoms with Crippen LogP contribution in [0.4, 0.5) is 5.82 Å². The summed E-state index contributed by atoms with van der Waals surface area (Å²) in [5.41, 5.74) is 0.443. The molecular formula is C15H24N4O. The first kappa shape index (κ1) is 14.8. The van der Waals surface area contributed by atoms with Crippen molar-refractivity contribution in [2.75, 3.05) is 18.4 Å². The van der Waals surface area contributed by atoms with Crippen molar-refractivity contribution < 1.29 is 4.79 Å². The van der Waals surface area contributed by atoms with Gasteiger partial charge in [0, 0.05) is 19.1 Å². The van der Waals surface area contributed by atoms with Gasteiger partial charge in [-0.1, -0.05) is 20.8 Å². The van der Waals surface area contributed by atoms with Gasteiger partial charge in [0.15, 0.2) is 0 Å². The van der Waals surface area contributed by atoms with E-state index in [4.69, 9.17) is 0 Å². The molecule has 1 amide bonds. The summed E-state index contributed by atoms with van der Waals surface area (Å²) in [5.74, 6) is 1.15. The number of aromatic nitrogens is 2. The lowest BCUT2D eigenvalue weighted by molar-refractivity contribution is 0.0716. The van der Waals surface area contributed by atoms with Gasteiger partial charge < -0.3 is 10.2 Å². The Hall–Kier alpha value is -1.65. The number of amides is 1. The summed E-state index contributed by atoms with van der Waals surface area (Å²) >= 11 is 0. The Balaban J connectivity index is 2.09. The molecule has 1 aliphatic rings. The van der Waals surface area contributed by atoms with Crippen LogP contribution in [-0.4, -0.2) is 39.9 Å². The van der Waals surface area contributed by atoms with E-state index in [0.29, 0.717) is 23.5 Å². The zero-order valence-corrected chi connectivity index (χ0v) is 12.6. The average molecular weight is 276 g/mol. The molecule has 110 valence electrons. The third-order valence-corrected chi connectivity index (χ3v) is 3.22. The summed E-state index contributed by atoms with van der Waals surface area (Å²) in [6.07, 6.45) is 6.46. The summed E-state index contributed by atoms with van der Waals surface area (Å²) < 4.78 is 0. The van der Waals surface area contributed by atoms with Crippen molar-refractivity contribution in [3.63, 3.8) is 0 Å². The number of hydrogen-bond acceptors (Lipinski definition) is 4. The zero-order chi connectivity index (χ0) is 14.5. The molecule has 2 rings (SSSR count). The molecule has 0 radical (unpaired) electrons. The molecule has 0 aliphatic heterocycles. The molecule has 1 saturated carbocycles. The Morgan fingerprint density at radius 3 is 2.80 bits per heavy atom. The van der Waals surface area contributed by atoms with Crippen LogP contribution in [0.15, 0.2) is 12.4 Å². The minimum absolute atomic E-state index is 0.00819. The summed E-state index contributed by atoms with van der Waals surface area (Å²) in [6, 6.07) is 0.402. The fourth-order valence-corrected chi connectivity index (χ4v) is 2.13. The topological polar surface area (TPSA) is 58.1 Å². The van der Waals surface area contributed by atoms with Crippen molar-refractivity contribution in [1.82, 2.24) is 14.9 Å². The lowest BCUT2D eigenvalue weighted by Gasteiger charge is -2.24. The number of nitrogens with one attached hydrogen (secondary N) is 1. The monoisotopic (exact) mass is 276 g/mol. The highest BCUT2D eigenvalue weighted by Gasteiger charge is 2.33. The Kier molecular flexibility index (Phi) is 4.93. The average Bonchev–Trinajstić information content (AvgIpc) is 3.26. The van der Waals surface area contributed by atoms with Crippen molar-refractivity contribution in [2.24, 2.45) is 5.92 Å². The number of anilines is 1. The second kappa shape index (κ2) is 6.68. The van der Waals surface area contributed by atoms with E-state index in [1.807, 2.05) is 4.90 Å². The third-order valence-electron chi connectivity index (χ3n) is 3.22. The van der Waals surface area contributed by atoms with Gasteiger partial charge in [-0.2, -0.15) is 0 Å². The maximum atomic E-state index is 12.6. The fraction of sp³-hybridized carbons (Fsp3) is 0.667. The predicted molar refractivity (Wildman–Crippen MR) is 79.7 cm³/mol. The molecule has 0 spiro atoms. The number of carbonyl (C=O) groups excluding carboxylic acids is 1. The highest BCUT2D eigenvalue weighted by atomic mass is 16.2. The van der Waals surface area contributed by atoms with E-state index in [9.17, 15) is 4.79 Å². The molecule has 20 heavy (non-hydrogen) atoms. The van der Waals surface area contributed by atoms with Gasteiger partial charge in [0.25, 0.3) is 5.91 Å². The number of rotatable bonds is 7. The van der Waals surface area contributed by atoms with E-state index >= 15 is 0 Å². The fourth-order valence-electron chi connectivity index (χ4n) is 2.13. The smallest absolute Gasteiger partial charge is 0.274 e. The van der Waals surface area contributed by atoms with Gasteiger partial charge >= 0.3 is 0 Å². The van der Waals surface area contributed by atoms with Crippen molar-refractivity contribution in [1.29, 1.82) is 0 Å². The second-order valence-corrected chi connectivity index (χ2v) is 5.80. The SMILES string of the molecule is CCCNc1cncc(C(=O)N(CC(C)C)C2CC2)n1. The van der Waals surface area contributed by atoms with Crippen LogP contribution in [0.3, 0.4) is 0 Å². The molecule has 0 aromatic carbocycles. The van der Waals surface area contributed by atoms with E-state index in [1.54, 1.807) is 12.4 Å². The molecule has 1 aromatic rings. The van der Waals surface area contributed by atoms with Crippen molar-refractivity contribution in [3.05, 3.63) is 18.1 Å². The summed E-state index contributed by atoms with van der Waals surface area (Å²) in [7, 11) is 0. The van der Waals surface area contributed by atoms with Crippen LogP contribution in [0.5, 0.6) is 0 Å². The van der Waals surface area contributed by atoms with Crippen LogP contribution in [0.2, 0.25) is 0 Å². The normalized spacial score (nSPS) is 14.4. The van der Waals surface area contributed by atoms with Crippen LogP contribution in [0.25, 0.3) is 0 Å². The Bertz CT molecular complexity index is 457. The van der Waals surface area contributed by atoms with Gasteiger partial charge in [0.2, 0.25) is 0 Å². The Morgan fingerprint density at radius 1 is 1.45 bits per heavy atom. The van der Waals surface area contributed by atoms with Crippen molar-refractivity contribution in [2.45, 2.75) is 46.1 Å². The van der Waals surface area contributed by atoms with Gasteiger partial charge in [0.05, 0.1) is 12.4 Å². The lowest BCUT2D eigenvalue weighted by atomic mass is 10.2. The predicted octanol–water partition coefficient (Wildman–Crippen LogP) is 2.56. The van der Waals surface area contributed by atoms with Crippen molar-refractivity contribution in [3.8, 4) is 0 Å². The van der Waals surface area contributed by atoms with Crippen LogP contribution in [0.1, 0.15) is 50.5 Å².